The Hall–Kier alpha value is -1.77. The Morgan fingerprint density at radius 3 is 2.71 bits per heavy atom. The Labute approximate surface area is 83.0 Å². The second-order valence-electron chi connectivity index (χ2n) is 2.61. The van der Waals surface area contributed by atoms with Gasteiger partial charge in [-0.1, -0.05) is 18.2 Å². The Kier molecular flexibility index (Phi) is 3.73. The molecule has 3 nitrogen and oxygen atoms in total. The largest absolute Gasteiger partial charge is 0.454 e. The van der Waals surface area contributed by atoms with Gasteiger partial charge in [0.05, 0.1) is 0 Å². The van der Waals surface area contributed by atoms with E-state index in [1.807, 2.05) is 44.1 Å². The summed E-state index contributed by atoms with van der Waals surface area (Å²) in [6.07, 6.45) is 4.03. The van der Waals surface area contributed by atoms with Gasteiger partial charge in [0.15, 0.2) is 11.5 Å². The number of fused-ring (bicyclic) bond motifs is 1. The number of rotatable bonds is 1. The molecule has 0 radical (unpaired) electrons. The molecule has 14 heavy (non-hydrogen) atoms. The summed E-state index contributed by atoms with van der Waals surface area (Å²) in [6.45, 7) is 4.33. The van der Waals surface area contributed by atoms with E-state index in [0.717, 1.165) is 17.1 Å². The lowest BCUT2D eigenvalue weighted by atomic mass is 10.2. The molecule has 1 aliphatic heterocycles. The fourth-order valence-corrected chi connectivity index (χ4v) is 1.21. The van der Waals surface area contributed by atoms with E-state index in [4.69, 9.17) is 14.3 Å². The third-order valence-electron chi connectivity index (χ3n) is 1.76. The summed E-state index contributed by atoms with van der Waals surface area (Å²) in [6, 6.07) is 5.91. The minimum absolute atomic E-state index is 0.342. The molecular weight excluding hydrogens is 180 g/mol. The van der Waals surface area contributed by atoms with Crippen molar-refractivity contribution in [3.8, 4) is 11.5 Å². The molecule has 2 rings (SSSR count). The molecule has 0 spiro atoms. The maximum absolute atomic E-state index is 8.00. The van der Waals surface area contributed by atoms with Crippen molar-refractivity contribution in [3.05, 3.63) is 29.8 Å². The van der Waals surface area contributed by atoms with Gasteiger partial charge in [0.2, 0.25) is 6.79 Å². The second-order valence-corrected chi connectivity index (χ2v) is 2.61. The number of hydrogen-bond acceptors (Lipinski definition) is 3. The fourth-order valence-electron chi connectivity index (χ4n) is 1.21. The molecule has 0 amide bonds. The molecule has 1 heterocycles. The molecule has 0 atom stereocenters. The fraction of sp³-hybridized carbons (Fsp3) is 0.182. The molecule has 3 heteroatoms. The van der Waals surface area contributed by atoms with E-state index in [9.17, 15) is 0 Å². The Morgan fingerprint density at radius 2 is 2.00 bits per heavy atom. The van der Waals surface area contributed by atoms with Crippen LogP contribution in [-0.2, 0) is 4.79 Å². The first kappa shape index (κ1) is 10.3. The summed E-state index contributed by atoms with van der Waals surface area (Å²) < 4.78 is 10.4. The average Bonchev–Trinajstić information content (AvgIpc) is 2.68. The minimum atomic E-state index is 0.342. The van der Waals surface area contributed by atoms with Gasteiger partial charge in [0.25, 0.3) is 0 Å². The zero-order valence-corrected chi connectivity index (χ0v) is 8.03. The van der Waals surface area contributed by atoms with Crippen molar-refractivity contribution < 1.29 is 14.3 Å². The van der Waals surface area contributed by atoms with Gasteiger partial charge in [-0.25, -0.2) is 0 Å². The lowest BCUT2D eigenvalue weighted by Crippen LogP contribution is -1.92. The van der Waals surface area contributed by atoms with Gasteiger partial charge in [-0.3, -0.25) is 0 Å². The van der Waals surface area contributed by atoms with E-state index in [0.29, 0.717) is 6.79 Å². The van der Waals surface area contributed by atoms with Crippen LogP contribution in [0, 0.1) is 0 Å². The van der Waals surface area contributed by atoms with Crippen molar-refractivity contribution in [3.63, 3.8) is 0 Å². The normalized spacial score (nSPS) is 12.4. The van der Waals surface area contributed by atoms with Crippen LogP contribution in [0.3, 0.4) is 0 Å². The molecule has 0 N–H and O–H groups in total. The lowest BCUT2D eigenvalue weighted by molar-refractivity contribution is -0.0979. The molecule has 0 fully saturated rings. The number of allylic oxidation sites excluding steroid dienone is 1. The highest BCUT2D eigenvalue weighted by Gasteiger charge is 2.11. The first-order chi connectivity index (χ1) is 6.90. The van der Waals surface area contributed by atoms with E-state index < -0.39 is 0 Å². The molecule has 0 aromatic heterocycles. The summed E-state index contributed by atoms with van der Waals surface area (Å²) in [5, 5.41) is 0. The van der Waals surface area contributed by atoms with Crippen molar-refractivity contribution >= 4 is 12.9 Å². The number of benzene rings is 1. The van der Waals surface area contributed by atoms with Crippen molar-refractivity contribution in [2.75, 3.05) is 6.79 Å². The lowest BCUT2D eigenvalue weighted by Gasteiger charge is -1.96. The molecule has 0 saturated heterocycles. The average molecular weight is 192 g/mol. The van der Waals surface area contributed by atoms with Gasteiger partial charge in [0, 0.05) is 0 Å². The molecule has 0 saturated carbocycles. The predicted molar refractivity (Wildman–Crippen MR) is 54.4 cm³/mol. The summed E-state index contributed by atoms with van der Waals surface area (Å²) in [5.41, 5.74) is 1.14. The zero-order valence-electron chi connectivity index (χ0n) is 8.03. The van der Waals surface area contributed by atoms with Crippen molar-refractivity contribution in [1.29, 1.82) is 0 Å². The summed E-state index contributed by atoms with van der Waals surface area (Å²) >= 11 is 0. The Bertz CT molecular complexity index is 331. The van der Waals surface area contributed by atoms with Gasteiger partial charge >= 0.3 is 0 Å². The standard InChI is InChI=1S/C10H10O2.CH2O/c1-2-3-8-4-5-9-10(6-8)12-7-11-9;1-2/h2-6H,7H2,1H3;1H2/b3-2+;. The summed E-state index contributed by atoms with van der Waals surface area (Å²) in [7, 11) is 0. The van der Waals surface area contributed by atoms with Crippen LogP contribution in [0.15, 0.2) is 24.3 Å². The van der Waals surface area contributed by atoms with Crippen LogP contribution < -0.4 is 9.47 Å². The third-order valence-corrected chi connectivity index (χ3v) is 1.76. The third kappa shape index (κ3) is 2.13. The summed E-state index contributed by atoms with van der Waals surface area (Å²) in [5.74, 6) is 1.67. The highest BCUT2D eigenvalue weighted by Crippen LogP contribution is 2.32. The number of hydrogen-bond donors (Lipinski definition) is 0. The highest BCUT2D eigenvalue weighted by molar-refractivity contribution is 5.56. The van der Waals surface area contributed by atoms with Crippen molar-refractivity contribution in [2.45, 2.75) is 6.92 Å². The SMILES string of the molecule is C/C=C/c1ccc2c(c1)OCO2.C=O. The number of carbonyl (C=O) groups excluding carboxylic acids is 1. The first-order valence-electron chi connectivity index (χ1n) is 4.21. The van der Waals surface area contributed by atoms with Crippen LogP contribution in [-0.4, -0.2) is 13.6 Å². The van der Waals surface area contributed by atoms with Crippen LogP contribution >= 0.6 is 0 Å². The molecule has 0 bridgehead atoms. The Balaban J connectivity index is 0.000000461. The van der Waals surface area contributed by atoms with Crippen LogP contribution in [0.2, 0.25) is 0 Å². The van der Waals surface area contributed by atoms with E-state index in [-0.39, 0.29) is 0 Å². The van der Waals surface area contributed by atoms with Gasteiger partial charge < -0.3 is 14.3 Å². The Morgan fingerprint density at radius 1 is 1.29 bits per heavy atom. The second kappa shape index (κ2) is 5.07. The maximum atomic E-state index is 8.00. The minimum Gasteiger partial charge on any atom is -0.454 e. The molecule has 1 aromatic carbocycles. The summed E-state index contributed by atoms with van der Waals surface area (Å²) in [4.78, 5) is 8.00. The molecule has 1 aliphatic rings. The van der Waals surface area contributed by atoms with E-state index in [1.54, 1.807) is 0 Å². The predicted octanol–water partition coefficient (Wildman–Crippen LogP) is 2.26. The highest BCUT2D eigenvalue weighted by atomic mass is 16.7. The first-order valence-corrected chi connectivity index (χ1v) is 4.21. The number of ether oxygens (including phenoxy) is 2. The molecule has 74 valence electrons. The van der Waals surface area contributed by atoms with Crippen molar-refractivity contribution in [2.24, 2.45) is 0 Å². The van der Waals surface area contributed by atoms with Crippen molar-refractivity contribution in [1.82, 2.24) is 0 Å². The molecular formula is C11H12O3. The monoisotopic (exact) mass is 192 g/mol. The number of carbonyl (C=O) groups is 1. The van der Waals surface area contributed by atoms with E-state index in [2.05, 4.69) is 0 Å². The van der Waals surface area contributed by atoms with Crippen LogP contribution in [0.25, 0.3) is 6.08 Å². The van der Waals surface area contributed by atoms with Crippen LogP contribution in [0.4, 0.5) is 0 Å². The molecule has 0 unspecified atom stereocenters. The maximum Gasteiger partial charge on any atom is 0.231 e. The van der Waals surface area contributed by atoms with Gasteiger partial charge in [0.1, 0.15) is 6.79 Å². The quantitative estimate of drug-likeness (QED) is 0.684. The van der Waals surface area contributed by atoms with Gasteiger partial charge in [-0.2, -0.15) is 0 Å². The van der Waals surface area contributed by atoms with Crippen LogP contribution in [0.5, 0.6) is 11.5 Å². The topological polar surface area (TPSA) is 35.5 Å². The van der Waals surface area contributed by atoms with E-state index in [1.165, 1.54) is 0 Å². The van der Waals surface area contributed by atoms with E-state index >= 15 is 0 Å². The zero-order chi connectivity index (χ0) is 10.4. The molecule has 0 aliphatic carbocycles. The van der Waals surface area contributed by atoms with Gasteiger partial charge in [-0.05, 0) is 24.6 Å². The molecule has 1 aromatic rings. The van der Waals surface area contributed by atoms with Crippen LogP contribution in [0.1, 0.15) is 12.5 Å². The smallest absolute Gasteiger partial charge is 0.231 e. The van der Waals surface area contributed by atoms with Gasteiger partial charge in [-0.15, -0.1) is 0 Å².